The van der Waals surface area contributed by atoms with E-state index >= 15 is 0 Å². The van der Waals surface area contributed by atoms with Crippen LogP contribution in [-0.4, -0.2) is 41.6 Å². The molecule has 0 aromatic rings. The van der Waals surface area contributed by atoms with Crippen LogP contribution < -0.4 is 5.73 Å². The summed E-state index contributed by atoms with van der Waals surface area (Å²) in [4.78, 5) is 11.8. The van der Waals surface area contributed by atoms with Crippen LogP contribution in [0.2, 0.25) is 0 Å². The molecule has 0 aliphatic carbocycles. The molecule has 1 aliphatic rings. The molecule has 1 unspecified atom stereocenters. The molecule has 1 fully saturated rings. The van der Waals surface area contributed by atoms with Crippen LogP contribution in [0.3, 0.4) is 0 Å². The monoisotopic (exact) mass is 213 g/mol. The van der Waals surface area contributed by atoms with E-state index in [4.69, 9.17) is 5.73 Å². The maximum absolute atomic E-state index is 11.8. The summed E-state index contributed by atoms with van der Waals surface area (Å²) in [6.07, 6.45) is 1.66. The average molecular weight is 213 g/mol. The van der Waals surface area contributed by atoms with Gasteiger partial charge in [-0.05, 0) is 32.7 Å². The maximum atomic E-state index is 11.8. The molecule has 1 aliphatic heterocycles. The van der Waals surface area contributed by atoms with Crippen LogP contribution in [0.25, 0.3) is 0 Å². The summed E-state index contributed by atoms with van der Waals surface area (Å²) < 4.78 is 0. The van der Waals surface area contributed by atoms with Crippen molar-refractivity contribution in [2.75, 3.05) is 19.6 Å². The van der Waals surface area contributed by atoms with Gasteiger partial charge in [0.05, 0.1) is 0 Å². The molecule has 0 aromatic heterocycles. The molecule has 0 bridgehead atoms. The van der Waals surface area contributed by atoms with Gasteiger partial charge in [0.1, 0.15) is 0 Å². The van der Waals surface area contributed by atoms with Crippen LogP contribution in [0.1, 0.15) is 33.6 Å². The fourth-order valence-corrected chi connectivity index (χ4v) is 2.02. The lowest BCUT2D eigenvalue weighted by atomic mass is 10.1. The van der Waals surface area contributed by atoms with Crippen molar-refractivity contribution in [2.24, 2.45) is 11.7 Å². The first-order valence-corrected chi connectivity index (χ1v) is 5.83. The normalized spacial score (nSPS) is 21.1. The molecule has 1 saturated heterocycles. The van der Waals surface area contributed by atoms with Crippen molar-refractivity contribution in [2.45, 2.75) is 39.7 Å². The number of hydrazine groups is 1. The number of nitrogens with zero attached hydrogens (tertiary/aromatic N) is 2. The van der Waals surface area contributed by atoms with Gasteiger partial charge in [-0.2, -0.15) is 0 Å². The minimum absolute atomic E-state index is 0.250. The number of nitrogens with two attached hydrogens (primary N) is 1. The first-order chi connectivity index (χ1) is 7.06. The lowest BCUT2D eigenvalue weighted by Gasteiger charge is -2.42. The third kappa shape index (κ3) is 3.18. The molecule has 0 radical (unpaired) electrons. The summed E-state index contributed by atoms with van der Waals surface area (Å²) in [7, 11) is 0. The Morgan fingerprint density at radius 3 is 2.60 bits per heavy atom. The molecule has 2 N–H and O–H groups in total. The molecule has 1 heterocycles. The minimum Gasteiger partial charge on any atom is -0.330 e. The second-order valence-corrected chi connectivity index (χ2v) is 4.69. The van der Waals surface area contributed by atoms with Gasteiger partial charge in [0, 0.05) is 25.6 Å². The van der Waals surface area contributed by atoms with Gasteiger partial charge in [-0.25, -0.2) is 5.01 Å². The predicted molar refractivity (Wildman–Crippen MR) is 61.0 cm³/mol. The van der Waals surface area contributed by atoms with Crippen LogP contribution in [0.5, 0.6) is 0 Å². The average Bonchev–Trinajstić information content (AvgIpc) is 2.17. The van der Waals surface area contributed by atoms with Gasteiger partial charge >= 0.3 is 0 Å². The van der Waals surface area contributed by atoms with Gasteiger partial charge in [-0.3, -0.25) is 9.80 Å². The van der Waals surface area contributed by atoms with Crippen LogP contribution in [0.15, 0.2) is 0 Å². The second-order valence-electron chi connectivity index (χ2n) is 4.69. The zero-order valence-electron chi connectivity index (χ0n) is 10.1. The highest BCUT2D eigenvalue weighted by molar-refractivity contribution is 5.76. The molecule has 0 spiro atoms. The molecule has 15 heavy (non-hydrogen) atoms. The lowest BCUT2D eigenvalue weighted by Crippen LogP contribution is -2.55. The summed E-state index contributed by atoms with van der Waals surface area (Å²) in [6.45, 7) is 8.79. The number of rotatable bonds is 4. The van der Waals surface area contributed by atoms with E-state index in [9.17, 15) is 4.79 Å². The van der Waals surface area contributed by atoms with Gasteiger partial charge in [0.25, 0.3) is 0 Å². The smallest absolute Gasteiger partial charge is 0.237 e. The number of hydrogen-bond donors (Lipinski definition) is 1. The van der Waals surface area contributed by atoms with Gasteiger partial charge in [-0.15, -0.1) is 0 Å². The lowest BCUT2D eigenvalue weighted by molar-refractivity contribution is -0.161. The first-order valence-electron chi connectivity index (χ1n) is 5.83. The molecule has 4 nitrogen and oxygen atoms in total. The fourth-order valence-electron chi connectivity index (χ4n) is 2.02. The second kappa shape index (κ2) is 5.47. The van der Waals surface area contributed by atoms with Gasteiger partial charge in [0.2, 0.25) is 5.91 Å². The summed E-state index contributed by atoms with van der Waals surface area (Å²) >= 11 is 0. The summed E-state index contributed by atoms with van der Waals surface area (Å²) in [5.41, 5.74) is 5.62. The number of carbonyl (C=O) groups is 1. The molecule has 4 heteroatoms. The highest BCUT2D eigenvalue weighted by atomic mass is 16.2. The van der Waals surface area contributed by atoms with Gasteiger partial charge < -0.3 is 5.73 Å². The SMILES string of the molecule is CC(CN)CN1CCCC(=O)N1C(C)C. The number of carbonyl (C=O) groups excluding carboxylic acids is 1. The standard InChI is InChI=1S/C11H23N3O/c1-9(2)14-11(15)5-4-6-13(14)8-10(3)7-12/h9-10H,4-8,12H2,1-3H3. The van der Waals surface area contributed by atoms with E-state index in [2.05, 4.69) is 25.8 Å². The molecular weight excluding hydrogens is 190 g/mol. The van der Waals surface area contributed by atoms with Crippen molar-refractivity contribution in [1.82, 2.24) is 10.0 Å². The van der Waals surface area contributed by atoms with Crippen LogP contribution in [-0.2, 0) is 4.79 Å². The van der Waals surface area contributed by atoms with Crippen molar-refractivity contribution < 1.29 is 4.79 Å². The Balaban J connectivity index is 2.62. The summed E-state index contributed by atoms with van der Waals surface area (Å²) in [6, 6.07) is 0.253. The quantitative estimate of drug-likeness (QED) is 0.752. The Labute approximate surface area is 92.4 Å². The Morgan fingerprint density at radius 1 is 1.40 bits per heavy atom. The van der Waals surface area contributed by atoms with Crippen molar-refractivity contribution in [3.8, 4) is 0 Å². The molecular formula is C11H23N3O. The van der Waals surface area contributed by atoms with E-state index < -0.39 is 0 Å². The van der Waals surface area contributed by atoms with Gasteiger partial charge in [0.15, 0.2) is 0 Å². The molecule has 1 rings (SSSR count). The summed E-state index contributed by atoms with van der Waals surface area (Å²) in [5.74, 6) is 0.692. The van der Waals surface area contributed by atoms with Crippen LogP contribution >= 0.6 is 0 Å². The highest BCUT2D eigenvalue weighted by Crippen LogP contribution is 2.16. The van der Waals surface area contributed by atoms with Crippen LogP contribution in [0.4, 0.5) is 0 Å². The zero-order valence-corrected chi connectivity index (χ0v) is 10.1. The van der Waals surface area contributed by atoms with Crippen molar-refractivity contribution in [3.63, 3.8) is 0 Å². The highest BCUT2D eigenvalue weighted by Gasteiger charge is 2.28. The van der Waals surface area contributed by atoms with E-state index in [0.717, 1.165) is 19.5 Å². The predicted octanol–water partition coefficient (Wildman–Crippen LogP) is 0.829. The van der Waals surface area contributed by atoms with E-state index in [1.54, 1.807) is 0 Å². The number of hydrogen-bond acceptors (Lipinski definition) is 3. The van der Waals surface area contributed by atoms with E-state index in [1.165, 1.54) is 0 Å². The largest absolute Gasteiger partial charge is 0.330 e. The Bertz CT molecular complexity index is 218. The molecule has 1 atom stereocenters. The third-order valence-electron chi connectivity index (χ3n) is 2.78. The van der Waals surface area contributed by atoms with Crippen molar-refractivity contribution in [1.29, 1.82) is 0 Å². The van der Waals surface area contributed by atoms with E-state index in [1.807, 2.05) is 5.01 Å². The Hall–Kier alpha value is -0.610. The van der Waals surface area contributed by atoms with Gasteiger partial charge in [-0.1, -0.05) is 6.92 Å². The van der Waals surface area contributed by atoms with E-state index in [0.29, 0.717) is 18.9 Å². The summed E-state index contributed by atoms with van der Waals surface area (Å²) in [5, 5.41) is 4.06. The molecule has 0 saturated carbocycles. The van der Waals surface area contributed by atoms with Crippen LogP contribution in [0, 0.1) is 5.92 Å². The fraction of sp³-hybridized carbons (Fsp3) is 0.909. The molecule has 1 amide bonds. The third-order valence-corrected chi connectivity index (χ3v) is 2.78. The molecule has 88 valence electrons. The number of amides is 1. The molecule has 0 aromatic carbocycles. The first kappa shape index (κ1) is 12.5. The maximum Gasteiger partial charge on any atom is 0.237 e. The minimum atomic E-state index is 0.250. The topological polar surface area (TPSA) is 49.6 Å². The zero-order chi connectivity index (χ0) is 11.4. The van der Waals surface area contributed by atoms with Crippen molar-refractivity contribution in [3.05, 3.63) is 0 Å². The van der Waals surface area contributed by atoms with E-state index in [-0.39, 0.29) is 11.9 Å². The van der Waals surface area contributed by atoms with Crippen molar-refractivity contribution >= 4 is 5.91 Å². The Kier molecular flexibility index (Phi) is 4.54. The Morgan fingerprint density at radius 2 is 2.07 bits per heavy atom.